The highest BCUT2D eigenvalue weighted by Crippen LogP contribution is 2.16. The molecule has 0 aliphatic carbocycles. The molecule has 0 saturated heterocycles. The van der Waals surface area contributed by atoms with E-state index >= 15 is 0 Å². The predicted octanol–water partition coefficient (Wildman–Crippen LogP) is 1.19. The fraction of sp³-hybridized carbons (Fsp3) is 0.625. The van der Waals surface area contributed by atoms with Crippen molar-refractivity contribution in [2.24, 2.45) is 0 Å². The summed E-state index contributed by atoms with van der Waals surface area (Å²) in [6.07, 6.45) is 0. The molecule has 0 amide bonds. The van der Waals surface area contributed by atoms with Crippen LogP contribution in [0.5, 0.6) is 0 Å². The van der Waals surface area contributed by atoms with E-state index < -0.39 is 0 Å². The zero-order chi connectivity index (χ0) is 11.3. The van der Waals surface area contributed by atoms with Crippen LogP contribution in [0.4, 0.5) is 0 Å². The largest absolute Gasteiger partial charge is 0.468 e. The summed E-state index contributed by atoms with van der Waals surface area (Å²) in [6, 6.07) is 0. The van der Waals surface area contributed by atoms with Gasteiger partial charge in [0.05, 0.1) is 20.2 Å². The van der Waals surface area contributed by atoms with Crippen molar-refractivity contribution in [2.45, 2.75) is 13.5 Å². The Bertz CT molecular complexity index is 331. The lowest BCUT2D eigenvalue weighted by Gasteiger charge is -2.16. The molecule has 0 fully saturated rings. The van der Waals surface area contributed by atoms with E-state index in [1.54, 1.807) is 0 Å². The van der Waals surface area contributed by atoms with Crippen LogP contribution in [0.1, 0.15) is 11.9 Å². The SMILES string of the molecule is CCN(CC(=O)OC)Cc1nnc(Cl)s1. The number of hydrogen-bond donors (Lipinski definition) is 0. The van der Waals surface area contributed by atoms with Gasteiger partial charge in [0.1, 0.15) is 5.01 Å². The number of likely N-dealkylation sites (N-methyl/N-ethyl adjacent to an activating group) is 1. The minimum Gasteiger partial charge on any atom is -0.468 e. The van der Waals surface area contributed by atoms with Gasteiger partial charge in [0.15, 0.2) is 0 Å². The Morgan fingerprint density at radius 3 is 2.80 bits per heavy atom. The highest BCUT2D eigenvalue weighted by Gasteiger charge is 2.12. The zero-order valence-corrected chi connectivity index (χ0v) is 10.1. The molecule has 1 aromatic heterocycles. The van der Waals surface area contributed by atoms with Crippen LogP contribution < -0.4 is 0 Å². The molecule has 0 aliphatic heterocycles. The first-order valence-electron chi connectivity index (χ1n) is 4.42. The highest BCUT2D eigenvalue weighted by atomic mass is 35.5. The normalized spacial score (nSPS) is 10.7. The highest BCUT2D eigenvalue weighted by molar-refractivity contribution is 7.15. The lowest BCUT2D eigenvalue weighted by Crippen LogP contribution is -2.29. The summed E-state index contributed by atoms with van der Waals surface area (Å²) in [7, 11) is 1.37. The third-order valence-electron chi connectivity index (χ3n) is 1.83. The number of ether oxygens (including phenoxy) is 1. The number of carbonyl (C=O) groups excluding carboxylic acids is 1. The molecule has 0 bridgehead atoms. The molecule has 0 aromatic carbocycles. The standard InChI is InChI=1S/C8H12ClN3O2S/c1-3-12(5-7(13)14-2)4-6-10-11-8(9)15-6/h3-5H2,1-2H3. The number of carbonyl (C=O) groups is 1. The van der Waals surface area contributed by atoms with Gasteiger partial charge >= 0.3 is 5.97 Å². The van der Waals surface area contributed by atoms with Crippen molar-refractivity contribution < 1.29 is 9.53 Å². The van der Waals surface area contributed by atoms with E-state index in [1.165, 1.54) is 18.4 Å². The molecule has 15 heavy (non-hydrogen) atoms. The fourth-order valence-electron chi connectivity index (χ4n) is 1.01. The van der Waals surface area contributed by atoms with Crippen molar-refractivity contribution in [1.29, 1.82) is 0 Å². The van der Waals surface area contributed by atoms with Crippen LogP contribution in [0.25, 0.3) is 0 Å². The van der Waals surface area contributed by atoms with Gasteiger partial charge in [-0.2, -0.15) is 0 Å². The average Bonchev–Trinajstić information content (AvgIpc) is 2.62. The third-order valence-corrected chi connectivity index (χ3v) is 2.83. The summed E-state index contributed by atoms with van der Waals surface area (Å²) in [5, 5.41) is 8.37. The number of rotatable bonds is 5. The molecule has 0 saturated carbocycles. The maximum Gasteiger partial charge on any atom is 0.319 e. The monoisotopic (exact) mass is 249 g/mol. The van der Waals surface area contributed by atoms with E-state index in [1.807, 2.05) is 11.8 Å². The van der Waals surface area contributed by atoms with Crippen molar-refractivity contribution in [3.05, 3.63) is 9.47 Å². The molecule has 7 heteroatoms. The summed E-state index contributed by atoms with van der Waals surface area (Å²) in [4.78, 5) is 13.0. The van der Waals surface area contributed by atoms with Gasteiger partial charge in [0.25, 0.3) is 0 Å². The lowest BCUT2D eigenvalue weighted by atomic mass is 10.4. The predicted molar refractivity (Wildman–Crippen MR) is 57.9 cm³/mol. The first kappa shape index (κ1) is 12.4. The Morgan fingerprint density at radius 2 is 2.33 bits per heavy atom. The second-order valence-electron chi connectivity index (χ2n) is 2.83. The number of aromatic nitrogens is 2. The van der Waals surface area contributed by atoms with Crippen molar-refractivity contribution in [3.8, 4) is 0 Å². The van der Waals surface area contributed by atoms with Gasteiger partial charge in [-0.3, -0.25) is 9.69 Å². The minimum atomic E-state index is -0.257. The summed E-state index contributed by atoms with van der Waals surface area (Å²) in [6.45, 7) is 3.53. The van der Waals surface area contributed by atoms with Gasteiger partial charge in [0, 0.05) is 0 Å². The number of halogens is 1. The van der Waals surface area contributed by atoms with Gasteiger partial charge in [-0.15, -0.1) is 10.2 Å². The summed E-state index contributed by atoms with van der Waals surface area (Å²) < 4.78 is 5.00. The van der Waals surface area contributed by atoms with Crippen LogP contribution in [0.15, 0.2) is 0 Å². The van der Waals surface area contributed by atoms with Gasteiger partial charge < -0.3 is 4.74 Å². The quantitative estimate of drug-likeness (QED) is 0.734. The molecular weight excluding hydrogens is 238 g/mol. The number of esters is 1. The molecule has 0 spiro atoms. The fourth-order valence-corrected chi connectivity index (χ4v) is 1.92. The first-order valence-corrected chi connectivity index (χ1v) is 5.62. The van der Waals surface area contributed by atoms with Crippen molar-refractivity contribution in [1.82, 2.24) is 15.1 Å². The molecule has 1 rings (SSSR count). The molecule has 0 unspecified atom stereocenters. The molecule has 0 atom stereocenters. The smallest absolute Gasteiger partial charge is 0.319 e. The molecule has 0 N–H and O–H groups in total. The van der Waals surface area contributed by atoms with Crippen LogP contribution >= 0.6 is 22.9 Å². The van der Waals surface area contributed by atoms with E-state index in [0.29, 0.717) is 11.0 Å². The summed E-state index contributed by atoms with van der Waals surface area (Å²) >= 11 is 6.97. The Labute approximate surface area is 97.0 Å². The van der Waals surface area contributed by atoms with Crippen molar-refractivity contribution in [3.63, 3.8) is 0 Å². The van der Waals surface area contributed by atoms with Crippen molar-refractivity contribution in [2.75, 3.05) is 20.2 Å². The average molecular weight is 250 g/mol. The van der Waals surface area contributed by atoms with E-state index in [4.69, 9.17) is 11.6 Å². The van der Waals surface area contributed by atoms with E-state index in [2.05, 4.69) is 14.9 Å². The Kier molecular flexibility index (Phi) is 4.93. The molecule has 0 radical (unpaired) electrons. The second-order valence-corrected chi connectivity index (χ2v) is 4.47. The summed E-state index contributed by atoms with van der Waals surface area (Å²) in [5.74, 6) is -0.257. The van der Waals surface area contributed by atoms with Gasteiger partial charge in [-0.25, -0.2) is 0 Å². The number of hydrogen-bond acceptors (Lipinski definition) is 6. The van der Waals surface area contributed by atoms with E-state index in [-0.39, 0.29) is 12.5 Å². The van der Waals surface area contributed by atoms with Crippen molar-refractivity contribution >= 4 is 28.9 Å². The van der Waals surface area contributed by atoms with Crippen LogP contribution in [-0.4, -0.2) is 41.3 Å². The second kappa shape index (κ2) is 5.99. The lowest BCUT2D eigenvalue weighted by molar-refractivity contribution is -0.142. The Hall–Kier alpha value is -0.720. The summed E-state index contributed by atoms with van der Waals surface area (Å²) in [5.41, 5.74) is 0. The first-order chi connectivity index (χ1) is 7.15. The van der Waals surface area contributed by atoms with Crippen LogP contribution in [0, 0.1) is 0 Å². The van der Waals surface area contributed by atoms with Crippen LogP contribution in [-0.2, 0) is 16.1 Å². The molecule has 1 aromatic rings. The molecule has 5 nitrogen and oxygen atoms in total. The van der Waals surface area contributed by atoms with Crippen LogP contribution in [0.2, 0.25) is 4.47 Å². The van der Waals surface area contributed by atoms with Crippen LogP contribution in [0.3, 0.4) is 0 Å². The van der Waals surface area contributed by atoms with Gasteiger partial charge in [0.2, 0.25) is 4.47 Å². The molecule has 1 heterocycles. The van der Waals surface area contributed by atoms with E-state index in [0.717, 1.165) is 11.6 Å². The Morgan fingerprint density at radius 1 is 1.60 bits per heavy atom. The molecule has 0 aliphatic rings. The Balaban J connectivity index is 2.50. The van der Waals surface area contributed by atoms with E-state index in [9.17, 15) is 4.79 Å². The molecular formula is C8H12ClN3O2S. The third kappa shape index (κ3) is 4.11. The van der Waals surface area contributed by atoms with Gasteiger partial charge in [-0.05, 0) is 18.1 Å². The maximum absolute atomic E-state index is 11.1. The maximum atomic E-state index is 11.1. The topological polar surface area (TPSA) is 55.3 Å². The minimum absolute atomic E-state index is 0.254. The zero-order valence-electron chi connectivity index (χ0n) is 8.57. The number of nitrogens with zero attached hydrogens (tertiary/aromatic N) is 3. The van der Waals surface area contributed by atoms with Gasteiger partial charge in [-0.1, -0.05) is 18.3 Å². The number of methoxy groups -OCH3 is 1. The molecule has 84 valence electrons.